The molecule has 0 aliphatic heterocycles. The fourth-order valence-corrected chi connectivity index (χ4v) is 1.33. The number of hydrogen-bond donors (Lipinski definition) is 0. The molecule has 0 atom stereocenters. The Morgan fingerprint density at radius 2 is 2.45 bits per heavy atom. The summed E-state index contributed by atoms with van der Waals surface area (Å²) >= 11 is 3.32. The van der Waals surface area contributed by atoms with Gasteiger partial charge in [-0.1, -0.05) is 15.9 Å². The van der Waals surface area contributed by atoms with Crippen LogP contribution in [0.5, 0.6) is 0 Å². The molecule has 0 amide bonds. The lowest BCUT2D eigenvalue weighted by molar-refractivity contribution is 0.459. The molecule has 1 saturated carbocycles. The van der Waals surface area contributed by atoms with Gasteiger partial charge in [-0.25, -0.2) is 4.98 Å². The van der Waals surface area contributed by atoms with E-state index in [4.69, 9.17) is 4.42 Å². The van der Waals surface area contributed by atoms with Crippen LogP contribution in [0.25, 0.3) is 0 Å². The van der Waals surface area contributed by atoms with E-state index in [2.05, 4.69) is 20.9 Å². The van der Waals surface area contributed by atoms with E-state index in [0.29, 0.717) is 0 Å². The van der Waals surface area contributed by atoms with Gasteiger partial charge in [-0.05, 0) is 18.8 Å². The summed E-state index contributed by atoms with van der Waals surface area (Å²) < 4.78 is 5.43. The minimum atomic E-state index is 0.769. The van der Waals surface area contributed by atoms with Crippen molar-refractivity contribution in [2.24, 2.45) is 5.92 Å². The van der Waals surface area contributed by atoms with Gasteiger partial charge in [0.15, 0.2) is 5.89 Å². The van der Waals surface area contributed by atoms with Gasteiger partial charge in [0.25, 0.3) is 0 Å². The van der Waals surface area contributed by atoms with Crippen molar-refractivity contribution in [3.63, 3.8) is 0 Å². The van der Waals surface area contributed by atoms with Crippen molar-refractivity contribution in [1.82, 2.24) is 4.98 Å². The van der Waals surface area contributed by atoms with Crippen LogP contribution in [0.1, 0.15) is 24.5 Å². The summed E-state index contributed by atoms with van der Waals surface area (Å²) in [7, 11) is 0. The van der Waals surface area contributed by atoms with Gasteiger partial charge in [0.2, 0.25) is 0 Å². The Bertz CT molecular complexity index is 242. The summed E-state index contributed by atoms with van der Waals surface area (Å²) in [6, 6.07) is 0. The highest BCUT2D eigenvalue weighted by Crippen LogP contribution is 2.32. The number of nitrogens with zero attached hydrogens (tertiary/aromatic N) is 1. The molecule has 11 heavy (non-hydrogen) atoms. The van der Waals surface area contributed by atoms with Crippen LogP contribution < -0.4 is 0 Å². The molecule has 2 nitrogen and oxygen atoms in total. The van der Waals surface area contributed by atoms with Crippen molar-refractivity contribution in [1.29, 1.82) is 0 Å². The normalized spacial score (nSPS) is 17.2. The third-order valence-corrected chi connectivity index (χ3v) is 2.45. The molecule has 0 saturated heterocycles. The quantitative estimate of drug-likeness (QED) is 0.725. The lowest BCUT2D eigenvalue weighted by Crippen LogP contribution is -1.84. The largest absolute Gasteiger partial charge is 0.445 e. The summed E-state index contributed by atoms with van der Waals surface area (Å²) in [6.07, 6.45) is 5.54. The molecule has 3 heteroatoms. The van der Waals surface area contributed by atoms with Gasteiger partial charge >= 0.3 is 0 Å². The van der Waals surface area contributed by atoms with Gasteiger partial charge < -0.3 is 4.42 Å². The Hall–Kier alpha value is -0.310. The minimum absolute atomic E-state index is 0.769. The van der Waals surface area contributed by atoms with Crippen LogP contribution >= 0.6 is 15.9 Å². The van der Waals surface area contributed by atoms with Gasteiger partial charge in [-0.3, -0.25) is 0 Å². The first kappa shape index (κ1) is 7.35. The lowest BCUT2D eigenvalue weighted by atomic mass is 10.3. The molecule has 0 aromatic carbocycles. The topological polar surface area (TPSA) is 26.0 Å². The van der Waals surface area contributed by atoms with Crippen LogP contribution in [0.4, 0.5) is 0 Å². The maximum absolute atomic E-state index is 5.43. The fourth-order valence-electron chi connectivity index (χ4n) is 1.07. The summed E-state index contributed by atoms with van der Waals surface area (Å²) in [6.45, 7) is 0. The summed E-state index contributed by atoms with van der Waals surface area (Å²) in [4.78, 5) is 4.17. The van der Waals surface area contributed by atoms with E-state index in [9.17, 15) is 0 Å². The van der Waals surface area contributed by atoms with Gasteiger partial charge in [0.05, 0.1) is 11.5 Å². The van der Waals surface area contributed by atoms with Crippen molar-refractivity contribution >= 4 is 15.9 Å². The van der Waals surface area contributed by atoms with Crippen molar-refractivity contribution in [2.45, 2.75) is 24.6 Å². The van der Waals surface area contributed by atoms with Crippen LogP contribution in [0.2, 0.25) is 0 Å². The van der Waals surface area contributed by atoms with E-state index in [1.165, 1.54) is 12.8 Å². The van der Waals surface area contributed by atoms with Crippen molar-refractivity contribution in [2.75, 3.05) is 0 Å². The Kier molecular flexibility index (Phi) is 1.98. The summed E-state index contributed by atoms with van der Waals surface area (Å²) in [5, 5.41) is 0.769. The van der Waals surface area contributed by atoms with E-state index < -0.39 is 0 Å². The number of alkyl halides is 1. The molecule has 0 N–H and O–H groups in total. The first-order valence-corrected chi connectivity index (χ1v) is 5.00. The maximum Gasteiger partial charge on any atom is 0.194 e. The van der Waals surface area contributed by atoms with E-state index in [-0.39, 0.29) is 0 Å². The summed E-state index contributed by atoms with van der Waals surface area (Å²) in [5.74, 6) is 2.69. The Labute approximate surface area is 74.1 Å². The van der Waals surface area contributed by atoms with Crippen molar-refractivity contribution < 1.29 is 4.42 Å². The van der Waals surface area contributed by atoms with Crippen LogP contribution in [0.3, 0.4) is 0 Å². The van der Waals surface area contributed by atoms with E-state index in [0.717, 1.165) is 29.3 Å². The first-order chi connectivity index (χ1) is 5.38. The molecular formula is C8H10BrNO. The number of halogens is 1. The zero-order chi connectivity index (χ0) is 7.68. The van der Waals surface area contributed by atoms with Crippen LogP contribution in [-0.4, -0.2) is 4.98 Å². The lowest BCUT2D eigenvalue weighted by Gasteiger charge is -1.88. The molecule has 2 rings (SSSR count). The zero-order valence-corrected chi connectivity index (χ0v) is 7.80. The molecule has 0 bridgehead atoms. The molecule has 1 aromatic rings. The second-order valence-corrected chi connectivity index (χ2v) is 3.56. The average Bonchev–Trinajstić information content (AvgIpc) is 2.68. The zero-order valence-electron chi connectivity index (χ0n) is 6.22. The second-order valence-electron chi connectivity index (χ2n) is 3.00. The van der Waals surface area contributed by atoms with E-state index in [1.807, 2.05) is 0 Å². The molecule has 1 aliphatic rings. The predicted octanol–water partition coefficient (Wildman–Crippen LogP) is 2.52. The molecule has 0 unspecified atom stereocenters. The highest BCUT2D eigenvalue weighted by atomic mass is 79.9. The Morgan fingerprint density at radius 3 is 3.00 bits per heavy atom. The van der Waals surface area contributed by atoms with Gasteiger partial charge in [-0.2, -0.15) is 0 Å². The second kappa shape index (κ2) is 2.97. The van der Waals surface area contributed by atoms with E-state index >= 15 is 0 Å². The number of oxazole rings is 1. The van der Waals surface area contributed by atoms with Crippen LogP contribution in [0, 0.1) is 5.92 Å². The monoisotopic (exact) mass is 215 g/mol. The first-order valence-electron chi connectivity index (χ1n) is 3.88. The van der Waals surface area contributed by atoms with Crippen molar-refractivity contribution in [3.8, 4) is 0 Å². The SMILES string of the molecule is BrCc1cnc(CC2CC2)o1. The molecule has 60 valence electrons. The highest BCUT2D eigenvalue weighted by molar-refractivity contribution is 9.08. The van der Waals surface area contributed by atoms with Crippen LogP contribution in [0.15, 0.2) is 10.6 Å². The predicted molar refractivity (Wildman–Crippen MR) is 45.6 cm³/mol. The molecule has 0 radical (unpaired) electrons. The molecule has 1 fully saturated rings. The van der Waals surface area contributed by atoms with Crippen molar-refractivity contribution in [3.05, 3.63) is 17.8 Å². The number of rotatable bonds is 3. The number of aromatic nitrogens is 1. The molecular weight excluding hydrogens is 206 g/mol. The molecule has 1 aliphatic carbocycles. The maximum atomic E-state index is 5.43. The molecule has 0 spiro atoms. The average molecular weight is 216 g/mol. The third kappa shape index (κ3) is 1.83. The van der Waals surface area contributed by atoms with Gasteiger partial charge in [0, 0.05) is 6.42 Å². The third-order valence-electron chi connectivity index (χ3n) is 1.89. The molecule has 1 heterocycles. The Balaban J connectivity index is 1.99. The minimum Gasteiger partial charge on any atom is -0.445 e. The van der Waals surface area contributed by atoms with Gasteiger partial charge in [-0.15, -0.1) is 0 Å². The smallest absolute Gasteiger partial charge is 0.194 e. The fraction of sp³-hybridized carbons (Fsp3) is 0.625. The van der Waals surface area contributed by atoms with E-state index in [1.54, 1.807) is 6.20 Å². The van der Waals surface area contributed by atoms with Gasteiger partial charge in [0.1, 0.15) is 5.76 Å². The Morgan fingerprint density at radius 1 is 1.64 bits per heavy atom. The standard InChI is InChI=1S/C8H10BrNO/c9-4-7-5-10-8(11-7)3-6-1-2-6/h5-6H,1-4H2. The highest BCUT2D eigenvalue weighted by Gasteiger charge is 2.23. The molecule has 1 aromatic heterocycles. The number of hydrogen-bond acceptors (Lipinski definition) is 2. The van der Waals surface area contributed by atoms with Crippen LogP contribution in [-0.2, 0) is 11.8 Å². The summed E-state index contributed by atoms with van der Waals surface area (Å²) in [5.41, 5.74) is 0.